The molecular weight excluding hydrogens is 322 g/mol. The van der Waals surface area contributed by atoms with Crippen LogP contribution < -0.4 is 14.8 Å². The van der Waals surface area contributed by atoms with Crippen LogP contribution in [-0.2, 0) is 0 Å². The molecule has 1 N–H and O–H groups in total. The molecule has 3 rings (SSSR count). The quantitative estimate of drug-likeness (QED) is 0.872. The van der Waals surface area contributed by atoms with Crippen molar-refractivity contribution in [1.29, 1.82) is 5.26 Å². The average Bonchev–Trinajstić information content (AvgIpc) is 2.78. The predicted octanol–water partition coefficient (Wildman–Crippen LogP) is 3.17. The van der Waals surface area contributed by atoms with Crippen molar-refractivity contribution in [2.24, 2.45) is 4.99 Å². The highest BCUT2D eigenvalue weighted by atomic mass is 32.1. The maximum atomic E-state index is 9.14. The topological polar surface area (TPSA) is 66.6 Å². The number of thiocarbonyl (C=S) groups is 1. The Hall–Kier alpha value is -2.91. The molecule has 0 fully saturated rings. The van der Waals surface area contributed by atoms with Gasteiger partial charge in [-0.05, 0) is 18.2 Å². The van der Waals surface area contributed by atoms with Gasteiger partial charge in [-0.15, -0.1) is 0 Å². The summed E-state index contributed by atoms with van der Waals surface area (Å²) in [6, 6.07) is 13.2. The van der Waals surface area contributed by atoms with Gasteiger partial charge in [0.15, 0.2) is 11.5 Å². The van der Waals surface area contributed by atoms with Crippen LogP contribution in [0.4, 0.5) is 5.69 Å². The third kappa shape index (κ3) is 2.94. The summed E-state index contributed by atoms with van der Waals surface area (Å²) >= 11 is 5.32. The Morgan fingerprint density at radius 1 is 1.17 bits per heavy atom. The molecule has 0 radical (unpaired) electrons. The molecular formula is C18H15N3O2S. The Kier molecular flexibility index (Phi) is 4.45. The van der Waals surface area contributed by atoms with Gasteiger partial charge in [0, 0.05) is 17.2 Å². The van der Waals surface area contributed by atoms with Crippen molar-refractivity contribution in [2.45, 2.75) is 0 Å². The van der Waals surface area contributed by atoms with Gasteiger partial charge in [-0.2, -0.15) is 5.26 Å². The van der Waals surface area contributed by atoms with Gasteiger partial charge in [0.1, 0.15) is 4.99 Å². The minimum Gasteiger partial charge on any atom is -0.493 e. The van der Waals surface area contributed by atoms with Gasteiger partial charge in [0.05, 0.1) is 43.8 Å². The molecule has 2 aromatic rings. The summed E-state index contributed by atoms with van der Waals surface area (Å²) in [5.74, 6) is 1.22. The second-order valence-electron chi connectivity index (χ2n) is 5.16. The average molecular weight is 337 g/mol. The van der Waals surface area contributed by atoms with E-state index in [4.69, 9.17) is 27.0 Å². The maximum Gasteiger partial charge on any atom is 0.162 e. The Morgan fingerprint density at radius 3 is 2.62 bits per heavy atom. The van der Waals surface area contributed by atoms with E-state index in [2.05, 4.69) is 16.4 Å². The second-order valence-corrected chi connectivity index (χ2v) is 5.65. The van der Waals surface area contributed by atoms with Gasteiger partial charge in [0.25, 0.3) is 0 Å². The fourth-order valence-corrected chi connectivity index (χ4v) is 2.76. The van der Waals surface area contributed by atoms with Crippen LogP contribution >= 0.6 is 12.2 Å². The first-order valence-corrected chi connectivity index (χ1v) is 7.68. The Balaban J connectivity index is 2.21. The fourth-order valence-electron chi connectivity index (χ4n) is 2.59. The normalized spacial score (nSPS) is 13.0. The third-order valence-corrected chi connectivity index (χ3v) is 3.93. The molecule has 120 valence electrons. The van der Waals surface area contributed by atoms with Crippen molar-refractivity contribution in [2.75, 3.05) is 26.1 Å². The number of rotatable bonds is 3. The number of methoxy groups -OCH3 is 2. The lowest BCUT2D eigenvalue weighted by Crippen LogP contribution is -2.11. The van der Waals surface area contributed by atoms with Gasteiger partial charge in [-0.25, -0.2) is 0 Å². The number of aliphatic imine (C=N–C) groups is 1. The first kappa shape index (κ1) is 16.0. The first-order chi connectivity index (χ1) is 11.7. The number of ether oxygens (including phenoxy) is 2. The number of nitriles is 1. The fraction of sp³-hybridized carbons (Fsp3) is 0.167. The molecule has 0 aromatic heterocycles. The highest BCUT2D eigenvalue weighted by Crippen LogP contribution is 2.35. The van der Waals surface area contributed by atoms with Crippen LogP contribution in [0.1, 0.15) is 16.7 Å². The highest BCUT2D eigenvalue weighted by Gasteiger charge is 2.20. The summed E-state index contributed by atoms with van der Waals surface area (Å²) in [4.78, 5) is 5.25. The molecule has 1 heterocycles. The molecule has 2 aromatic carbocycles. The summed E-state index contributed by atoms with van der Waals surface area (Å²) in [7, 11) is 3.18. The van der Waals surface area contributed by atoms with Crippen LogP contribution in [0.25, 0.3) is 0 Å². The summed E-state index contributed by atoms with van der Waals surface area (Å²) < 4.78 is 10.8. The zero-order valence-electron chi connectivity index (χ0n) is 13.3. The summed E-state index contributed by atoms with van der Waals surface area (Å²) in [5, 5.41) is 12.3. The molecule has 0 amide bonds. The zero-order chi connectivity index (χ0) is 17.1. The van der Waals surface area contributed by atoms with Gasteiger partial charge >= 0.3 is 0 Å². The Morgan fingerprint density at radius 2 is 1.92 bits per heavy atom. The minimum absolute atomic E-state index is 0.376. The van der Waals surface area contributed by atoms with Gasteiger partial charge < -0.3 is 14.8 Å². The molecule has 0 spiro atoms. The van der Waals surface area contributed by atoms with E-state index < -0.39 is 0 Å². The standard InChI is InChI=1S/C18H15N3O2S/c1-22-15-7-13-14(8-16(15)23-2)21-17(24)10-20-18(13)12-5-3-4-11(6-12)9-19/h3-8H,10H2,1-2H3,(H,21,24). The van der Waals surface area contributed by atoms with Gasteiger partial charge in [-0.1, -0.05) is 24.4 Å². The number of benzene rings is 2. The molecule has 0 saturated heterocycles. The van der Waals surface area contributed by atoms with E-state index in [-0.39, 0.29) is 0 Å². The van der Waals surface area contributed by atoms with E-state index in [1.165, 1.54) is 0 Å². The molecule has 6 heteroatoms. The van der Waals surface area contributed by atoms with Crippen molar-refractivity contribution in [1.82, 2.24) is 0 Å². The van der Waals surface area contributed by atoms with Crippen molar-refractivity contribution in [3.05, 3.63) is 53.1 Å². The van der Waals surface area contributed by atoms with E-state index in [0.29, 0.717) is 28.6 Å². The van der Waals surface area contributed by atoms with Crippen LogP contribution in [0.5, 0.6) is 11.5 Å². The minimum atomic E-state index is 0.376. The maximum absolute atomic E-state index is 9.14. The number of hydrogen-bond acceptors (Lipinski definition) is 5. The van der Waals surface area contributed by atoms with Gasteiger partial charge in [-0.3, -0.25) is 4.99 Å². The van der Waals surface area contributed by atoms with Crippen LogP contribution in [0.15, 0.2) is 41.4 Å². The van der Waals surface area contributed by atoms with E-state index in [0.717, 1.165) is 22.5 Å². The number of nitrogens with zero attached hydrogens (tertiary/aromatic N) is 2. The highest BCUT2D eigenvalue weighted by molar-refractivity contribution is 7.80. The first-order valence-electron chi connectivity index (χ1n) is 7.27. The number of benzodiazepines with no additional fused rings is 1. The molecule has 0 bridgehead atoms. The summed E-state index contributed by atoms with van der Waals surface area (Å²) in [6.45, 7) is 0.376. The number of nitrogens with one attached hydrogen (secondary N) is 1. The molecule has 0 aliphatic carbocycles. The van der Waals surface area contributed by atoms with Crippen molar-refractivity contribution >= 4 is 28.6 Å². The van der Waals surface area contributed by atoms with Crippen LogP contribution in [0, 0.1) is 11.3 Å². The van der Waals surface area contributed by atoms with Crippen molar-refractivity contribution in [3.8, 4) is 17.6 Å². The van der Waals surface area contributed by atoms with Crippen LogP contribution in [-0.4, -0.2) is 31.5 Å². The molecule has 1 aliphatic heterocycles. The SMILES string of the molecule is COc1cc2c(cc1OC)C(c1cccc(C#N)c1)=NCC(=S)N2. The van der Waals surface area contributed by atoms with Crippen LogP contribution in [0.3, 0.4) is 0 Å². The van der Waals surface area contributed by atoms with Crippen molar-refractivity contribution in [3.63, 3.8) is 0 Å². The smallest absolute Gasteiger partial charge is 0.162 e. The molecule has 0 saturated carbocycles. The molecule has 1 aliphatic rings. The largest absolute Gasteiger partial charge is 0.493 e. The van der Waals surface area contributed by atoms with E-state index >= 15 is 0 Å². The molecule has 0 unspecified atom stereocenters. The molecule has 5 nitrogen and oxygen atoms in total. The lowest BCUT2D eigenvalue weighted by atomic mass is 9.98. The van der Waals surface area contributed by atoms with Gasteiger partial charge in [0.2, 0.25) is 0 Å². The van der Waals surface area contributed by atoms with E-state index in [9.17, 15) is 0 Å². The van der Waals surface area contributed by atoms with E-state index in [1.54, 1.807) is 20.3 Å². The Labute approximate surface area is 145 Å². The summed E-state index contributed by atoms with van der Waals surface area (Å²) in [5.41, 5.74) is 3.85. The number of hydrogen-bond donors (Lipinski definition) is 1. The molecule has 24 heavy (non-hydrogen) atoms. The number of fused-ring (bicyclic) bond motifs is 1. The zero-order valence-corrected chi connectivity index (χ0v) is 14.1. The number of anilines is 1. The monoisotopic (exact) mass is 337 g/mol. The molecule has 0 atom stereocenters. The second kappa shape index (κ2) is 6.69. The van der Waals surface area contributed by atoms with Crippen LogP contribution in [0.2, 0.25) is 0 Å². The van der Waals surface area contributed by atoms with E-state index in [1.807, 2.05) is 30.3 Å². The predicted molar refractivity (Wildman–Crippen MR) is 97.4 cm³/mol. The lowest BCUT2D eigenvalue weighted by molar-refractivity contribution is 0.355. The Bertz CT molecular complexity index is 884. The third-order valence-electron chi connectivity index (χ3n) is 3.70. The summed E-state index contributed by atoms with van der Waals surface area (Å²) in [6.07, 6.45) is 0. The lowest BCUT2D eigenvalue weighted by Gasteiger charge is -2.15. The van der Waals surface area contributed by atoms with Crippen molar-refractivity contribution < 1.29 is 9.47 Å².